The SMILES string of the molecule is CCn1c(SCC(=O)O)nnc1-c1ccn(C)c(=O)c1. The van der Waals surface area contributed by atoms with E-state index in [4.69, 9.17) is 5.11 Å². The third-order valence-electron chi connectivity index (χ3n) is 2.72. The van der Waals surface area contributed by atoms with Crippen molar-refractivity contribution in [3.63, 3.8) is 0 Å². The molecule has 2 aromatic heterocycles. The third-order valence-corrected chi connectivity index (χ3v) is 3.67. The van der Waals surface area contributed by atoms with E-state index in [-0.39, 0.29) is 11.3 Å². The van der Waals surface area contributed by atoms with Crippen molar-refractivity contribution in [3.8, 4) is 11.4 Å². The summed E-state index contributed by atoms with van der Waals surface area (Å²) >= 11 is 1.11. The molecule has 0 saturated carbocycles. The number of carboxylic acids is 1. The zero-order valence-electron chi connectivity index (χ0n) is 11.1. The molecule has 0 spiro atoms. The number of pyridine rings is 1. The highest BCUT2D eigenvalue weighted by Gasteiger charge is 2.14. The fourth-order valence-corrected chi connectivity index (χ4v) is 2.43. The van der Waals surface area contributed by atoms with Crippen molar-refractivity contribution in [2.75, 3.05) is 5.75 Å². The van der Waals surface area contributed by atoms with Gasteiger partial charge in [0.2, 0.25) is 0 Å². The molecule has 0 saturated heterocycles. The van der Waals surface area contributed by atoms with Crippen LogP contribution in [-0.4, -0.2) is 36.2 Å². The predicted octanol–water partition coefficient (Wildman–Crippen LogP) is 0.840. The van der Waals surface area contributed by atoms with Gasteiger partial charge in [0.15, 0.2) is 11.0 Å². The van der Waals surface area contributed by atoms with Crippen LogP contribution in [0.1, 0.15) is 6.92 Å². The van der Waals surface area contributed by atoms with Crippen molar-refractivity contribution in [2.45, 2.75) is 18.6 Å². The predicted molar refractivity (Wildman–Crippen MR) is 74.7 cm³/mol. The monoisotopic (exact) mass is 294 g/mol. The Hall–Kier alpha value is -2.09. The minimum atomic E-state index is -0.907. The average molecular weight is 294 g/mol. The highest BCUT2D eigenvalue weighted by Crippen LogP contribution is 2.22. The van der Waals surface area contributed by atoms with Gasteiger partial charge in [-0.15, -0.1) is 10.2 Å². The van der Waals surface area contributed by atoms with E-state index in [2.05, 4.69) is 10.2 Å². The van der Waals surface area contributed by atoms with Crippen molar-refractivity contribution < 1.29 is 9.90 Å². The van der Waals surface area contributed by atoms with Gasteiger partial charge in [0, 0.05) is 31.4 Å². The molecular weight excluding hydrogens is 280 g/mol. The van der Waals surface area contributed by atoms with Crippen LogP contribution in [-0.2, 0) is 18.4 Å². The Labute approximate surface area is 119 Å². The van der Waals surface area contributed by atoms with Crippen LogP contribution in [0.5, 0.6) is 0 Å². The average Bonchev–Trinajstić information content (AvgIpc) is 2.82. The van der Waals surface area contributed by atoms with Crippen molar-refractivity contribution in [1.29, 1.82) is 0 Å². The van der Waals surface area contributed by atoms with Crippen LogP contribution in [0, 0.1) is 0 Å². The van der Waals surface area contributed by atoms with Gasteiger partial charge in [-0.3, -0.25) is 9.59 Å². The molecule has 2 aromatic rings. The molecule has 106 valence electrons. The molecule has 0 aliphatic heterocycles. The first-order valence-corrected chi connectivity index (χ1v) is 6.96. The Morgan fingerprint density at radius 3 is 2.80 bits per heavy atom. The lowest BCUT2D eigenvalue weighted by Crippen LogP contribution is -2.14. The van der Waals surface area contributed by atoms with E-state index < -0.39 is 5.97 Å². The van der Waals surface area contributed by atoms with E-state index in [9.17, 15) is 9.59 Å². The number of thioether (sulfide) groups is 1. The summed E-state index contributed by atoms with van der Waals surface area (Å²) in [5, 5.41) is 17.3. The van der Waals surface area contributed by atoms with E-state index in [0.717, 1.165) is 11.8 Å². The Kier molecular flexibility index (Phi) is 4.23. The van der Waals surface area contributed by atoms with Crippen LogP contribution in [0.4, 0.5) is 0 Å². The second-order valence-electron chi connectivity index (χ2n) is 4.10. The lowest BCUT2D eigenvalue weighted by molar-refractivity contribution is -0.133. The Morgan fingerprint density at radius 1 is 1.45 bits per heavy atom. The van der Waals surface area contributed by atoms with E-state index in [0.29, 0.717) is 23.1 Å². The third kappa shape index (κ3) is 2.90. The maximum atomic E-state index is 11.7. The molecule has 7 nitrogen and oxygen atoms in total. The number of carboxylic acid groups (broad SMARTS) is 1. The fourth-order valence-electron chi connectivity index (χ4n) is 1.71. The standard InChI is InChI=1S/C12H14N4O3S/c1-3-16-11(8-4-5-15(2)9(17)6-8)13-14-12(16)20-7-10(18)19/h4-6H,3,7H2,1-2H3,(H,18,19). The van der Waals surface area contributed by atoms with Gasteiger partial charge in [0.1, 0.15) is 0 Å². The number of aromatic nitrogens is 4. The summed E-state index contributed by atoms with van der Waals surface area (Å²) in [6, 6.07) is 3.27. The zero-order chi connectivity index (χ0) is 14.7. The van der Waals surface area contributed by atoms with Gasteiger partial charge < -0.3 is 14.2 Å². The second kappa shape index (κ2) is 5.91. The largest absolute Gasteiger partial charge is 0.481 e. The molecule has 1 N–H and O–H groups in total. The van der Waals surface area contributed by atoms with Gasteiger partial charge in [-0.05, 0) is 13.0 Å². The molecule has 0 aliphatic rings. The topological polar surface area (TPSA) is 90.0 Å². The number of aliphatic carboxylic acids is 1. The minimum Gasteiger partial charge on any atom is -0.481 e. The van der Waals surface area contributed by atoms with Gasteiger partial charge >= 0.3 is 5.97 Å². The molecule has 0 radical (unpaired) electrons. The maximum Gasteiger partial charge on any atom is 0.313 e. The summed E-state index contributed by atoms with van der Waals surface area (Å²) in [5.41, 5.74) is 0.539. The summed E-state index contributed by atoms with van der Waals surface area (Å²) in [7, 11) is 1.67. The summed E-state index contributed by atoms with van der Waals surface area (Å²) in [5.74, 6) is -0.414. The Balaban J connectivity index is 2.39. The molecule has 20 heavy (non-hydrogen) atoms. The Morgan fingerprint density at radius 2 is 2.20 bits per heavy atom. The Bertz CT molecular complexity index is 692. The smallest absolute Gasteiger partial charge is 0.313 e. The van der Waals surface area contributed by atoms with E-state index in [1.54, 1.807) is 23.9 Å². The molecule has 2 rings (SSSR count). The quantitative estimate of drug-likeness (QED) is 0.822. The first-order chi connectivity index (χ1) is 9.52. The van der Waals surface area contributed by atoms with Crippen LogP contribution in [0.15, 0.2) is 28.3 Å². The number of hydrogen-bond donors (Lipinski definition) is 1. The zero-order valence-corrected chi connectivity index (χ0v) is 11.9. The summed E-state index contributed by atoms with van der Waals surface area (Å²) in [6.07, 6.45) is 1.66. The van der Waals surface area contributed by atoms with Crippen LogP contribution in [0.2, 0.25) is 0 Å². The molecule has 0 atom stereocenters. The summed E-state index contributed by atoms with van der Waals surface area (Å²) in [4.78, 5) is 22.3. The van der Waals surface area contributed by atoms with Crippen molar-refractivity contribution in [2.24, 2.45) is 7.05 Å². The highest BCUT2D eigenvalue weighted by atomic mass is 32.2. The number of nitrogens with zero attached hydrogens (tertiary/aromatic N) is 4. The molecule has 2 heterocycles. The summed E-state index contributed by atoms with van der Waals surface area (Å²) < 4.78 is 3.26. The van der Waals surface area contributed by atoms with E-state index >= 15 is 0 Å². The van der Waals surface area contributed by atoms with Crippen LogP contribution in [0.3, 0.4) is 0 Å². The lowest BCUT2D eigenvalue weighted by Gasteiger charge is -2.06. The van der Waals surface area contributed by atoms with Crippen LogP contribution in [0.25, 0.3) is 11.4 Å². The normalized spacial score (nSPS) is 10.7. The second-order valence-corrected chi connectivity index (χ2v) is 5.04. The number of rotatable bonds is 5. The lowest BCUT2D eigenvalue weighted by atomic mass is 10.2. The van der Waals surface area contributed by atoms with Crippen LogP contribution < -0.4 is 5.56 Å². The van der Waals surface area contributed by atoms with Gasteiger partial charge in [-0.25, -0.2) is 0 Å². The number of carbonyl (C=O) groups is 1. The summed E-state index contributed by atoms with van der Waals surface area (Å²) in [6.45, 7) is 2.51. The molecule has 0 amide bonds. The number of aryl methyl sites for hydroxylation is 1. The molecular formula is C12H14N4O3S. The maximum absolute atomic E-state index is 11.7. The molecule has 8 heteroatoms. The van der Waals surface area contributed by atoms with Gasteiger partial charge in [-0.1, -0.05) is 11.8 Å². The molecule has 0 fully saturated rings. The van der Waals surface area contributed by atoms with E-state index in [1.807, 2.05) is 6.92 Å². The van der Waals surface area contributed by atoms with Gasteiger partial charge in [0.25, 0.3) is 5.56 Å². The van der Waals surface area contributed by atoms with Crippen molar-refractivity contribution in [1.82, 2.24) is 19.3 Å². The fraction of sp³-hybridized carbons (Fsp3) is 0.333. The van der Waals surface area contributed by atoms with E-state index in [1.165, 1.54) is 10.6 Å². The van der Waals surface area contributed by atoms with Gasteiger partial charge in [0.05, 0.1) is 5.75 Å². The minimum absolute atomic E-state index is 0.0747. The number of hydrogen-bond acceptors (Lipinski definition) is 5. The van der Waals surface area contributed by atoms with Gasteiger partial charge in [-0.2, -0.15) is 0 Å². The first kappa shape index (κ1) is 14.3. The first-order valence-electron chi connectivity index (χ1n) is 5.97. The van der Waals surface area contributed by atoms with Crippen LogP contribution >= 0.6 is 11.8 Å². The molecule has 0 unspecified atom stereocenters. The molecule has 0 aromatic carbocycles. The highest BCUT2D eigenvalue weighted by molar-refractivity contribution is 7.99. The van der Waals surface area contributed by atoms with Crippen molar-refractivity contribution >= 4 is 17.7 Å². The molecule has 0 bridgehead atoms. The van der Waals surface area contributed by atoms with Crippen molar-refractivity contribution in [3.05, 3.63) is 28.7 Å². The molecule has 0 aliphatic carbocycles.